The Balaban J connectivity index is 1.67. The van der Waals surface area contributed by atoms with Gasteiger partial charge in [0.15, 0.2) is 0 Å². The molecule has 28 heavy (non-hydrogen) atoms. The summed E-state index contributed by atoms with van der Waals surface area (Å²) >= 11 is 0. The number of fused-ring (bicyclic) bond motifs is 1. The van der Waals surface area contributed by atoms with Crippen molar-refractivity contribution in [2.24, 2.45) is 5.92 Å². The summed E-state index contributed by atoms with van der Waals surface area (Å²) in [5.74, 6) is 0.230. The molecule has 0 saturated carbocycles. The Kier molecular flexibility index (Phi) is 4.96. The summed E-state index contributed by atoms with van der Waals surface area (Å²) in [4.78, 5) is 4.67. The monoisotopic (exact) mass is 378 g/mol. The summed E-state index contributed by atoms with van der Waals surface area (Å²) in [6.07, 6.45) is 8.78. The maximum atomic E-state index is 14.0. The van der Waals surface area contributed by atoms with Crippen LogP contribution in [0, 0.1) is 11.7 Å². The van der Waals surface area contributed by atoms with Gasteiger partial charge in [0.05, 0.1) is 18.5 Å². The van der Waals surface area contributed by atoms with E-state index in [-0.39, 0.29) is 6.61 Å². The van der Waals surface area contributed by atoms with E-state index in [4.69, 9.17) is 0 Å². The molecule has 0 aliphatic rings. The number of aliphatic hydroxyl groups excluding tert-OH is 1. The summed E-state index contributed by atoms with van der Waals surface area (Å²) < 4.78 is 17.9. The lowest BCUT2D eigenvalue weighted by atomic mass is 10.0. The van der Waals surface area contributed by atoms with Crippen LogP contribution in [0.1, 0.15) is 25.8 Å². The fraction of sp³-hybridized carbons (Fsp3) is 0.273. The summed E-state index contributed by atoms with van der Waals surface area (Å²) in [6.45, 7) is 4.94. The first-order valence-corrected chi connectivity index (χ1v) is 9.45. The number of nitrogens with zero attached hydrogens (tertiary/aromatic N) is 4. The highest BCUT2D eigenvalue weighted by Gasteiger charge is 2.12. The highest BCUT2D eigenvalue weighted by atomic mass is 19.1. The summed E-state index contributed by atoms with van der Waals surface area (Å²) in [6, 6.07) is 8.62. The molecule has 0 radical (unpaired) electrons. The SMILES string of the molecule is CC(C)CCn1cc(-c2cn3cc(-c4cccc(F)c4CO)ccc3n2)cn1. The van der Waals surface area contributed by atoms with Gasteiger partial charge in [0.1, 0.15) is 11.5 Å². The maximum absolute atomic E-state index is 14.0. The number of aromatic nitrogens is 4. The molecule has 1 aromatic carbocycles. The van der Waals surface area contributed by atoms with Crippen LogP contribution in [0.2, 0.25) is 0 Å². The van der Waals surface area contributed by atoms with Crippen molar-refractivity contribution in [3.8, 4) is 22.4 Å². The molecule has 0 amide bonds. The molecule has 5 nitrogen and oxygen atoms in total. The molecule has 3 heterocycles. The Labute approximate surface area is 163 Å². The zero-order valence-electron chi connectivity index (χ0n) is 16.0. The van der Waals surface area contributed by atoms with E-state index in [1.54, 1.807) is 6.07 Å². The molecule has 0 fully saturated rings. The van der Waals surface area contributed by atoms with Gasteiger partial charge in [-0.15, -0.1) is 0 Å². The second-order valence-electron chi connectivity index (χ2n) is 7.41. The molecular formula is C22H23FN4O. The van der Waals surface area contributed by atoms with Crippen LogP contribution in [0.4, 0.5) is 4.39 Å². The van der Waals surface area contributed by atoms with Crippen LogP contribution in [-0.4, -0.2) is 24.3 Å². The molecule has 0 saturated heterocycles. The van der Waals surface area contributed by atoms with Crippen LogP contribution >= 0.6 is 0 Å². The second kappa shape index (κ2) is 7.56. The molecule has 4 aromatic rings. The molecular weight excluding hydrogens is 355 g/mol. The van der Waals surface area contributed by atoms with Crippen LogP contribution in [-0.2, 0) is 13.2 Å². The molecule has 0 atom stereocenters. The average molecular weight is 378 g/mol. The maximum Gasteiger partial charge on any atom is 0.137 e. The van der Waals surface area contributed by atoms with E-state index in [0.717, 1.165) is 35.4 Å². The van der Waals surface area contributed by atoms with E-state index in [1.807, 2.05) is 52.1 Å². The zero-order chi connectivity index (χ0) is 19.7. The van der Waals surface area contributed by atoms with Gasteiger partial charge in [-0.3, -0.25) is 4.68 Å². The Morgan fingerprint density at radius 3 is 2.71 bits per heavy atom. The van der Waals surface area contributed by atoms with Gasteiger partial charge in [-0.2, -0.15) is 5.10 Å². The number of halogens is 1. The topological polar surface area (TPSA) is 55.4 Å². The number of aryl methyl sites for hydroxylation is 1. The van der Waals surface area contributed by atoms with E-state index >= 15 is 0 Å². The van der Waals surface area contributed by atoms with Crippen molar-refractivity contribution in [3.63, 3.8) is 0 Å². The van der Waals surface area contributed by atoms with Crippen molar-refractivity contribution in [2.45, 2.75) is 33.4 Å². The van der Waals surface area contributed by atoms with Crippen LogP contribution in [0.15, 0.2) is 55.1 Å². The molecule has 0 spiro atoms. The van der Waals surface area contributed by atoms with Crippen molar-refractivity contribution in [1.82, 2.24) is 19.2 Å². The van der Waals surface area contributed by atoms with Crippen LogP contribution in [0.3, 0.4) is 0 Å². The molecule has 6 heteroatoms. The molecule has 4 rings (SSSR count). The summed E-state index contributed by atoms with van der Waals surface area (Å²) in [5, 5.41) is 14.0. The lowest BCUT2D eigenvalue weighted by Crippen LogP contribution is -2.01. The van der Waals surface area contributed by atoms with Crippen LogP contribution < -0.4 is 0 Å². The summed E-state index contributed by atoms with van der Waals surface area (Å²) in [5.41, 5.74) is 4.42. The summed E-state index contributed by atoms with van der Waals surface area (Å²) in [7, 11) is 0. The molecule has 1 N–H and O–H groups in total. The third-order valence-electron chi connectivity index (χ3n) is 4.90. The van der Waals surface area contributed by atoms with Gasteiger partial charge in [-0.1, -0.05) is 26.0 Å². The Morgan fingerprint density at radius 2 is 1.93 bits per heavy atom. The molecule has 0 aliphatic heterocycles. The van der Waals surface area contributed by atoms with Gasteiger partial charge < -0.3 is 9.51 Å². The molecule has 3 aromatic heterocycles. The van der Waals surface area contributed by atoms with E-state index in [0.29, 0.717) is 17.0 Å². The highest BCUT2D eigenvalue weighted by molar-refractivity contribution is 5.70. The predicted octanol–water partition coefficient (Wildman–Crippen LogP) is 4.54. The number of rotatable bonds is 6. The third-order valence-corrected chi connectivity index (χ3v) is 4.90. The van der Waals surface area contributed by atoms with E-state index < -0.39 is 5.82 Å². The number of hydrogen-bond acceptors (Lipinski definition) is 3. The fourth-order valence-electron chi connectivity index (χ4n) is 3.29. The first-order valence-electron chi connectivity index (χ1n) is 9.45. The average Bonchev–Trinajstić information content (AvgIpc) is 3.32. The van der Waals surface area contributed by atoms with Crippen molar-refractivity contribution >= 4 is 5.65 Å². The molecule has 144 valence electrons. The van der Waals surface area contributed by atoms with Gasteiger partial charge in [0, 0.05) is 36.3 Å². The number of pyridine rings is 1. The smallest absolute Gasteiger partial charge is 0.137 e. The van der Waals surface area contributed by atoms with Crippen LogP contribution in [0.5, 0.6) is 0 Å². The minimum atomic E-state index is -0.403. The predicted molar refractivity (Wildman–Crippen MR) is 107 cm³/mol. The van der Waals surface area contributed by atoms with Crippen molar-refractivity contribution in [3.05, 3.63) is 66.5 Å². The van der Waals surface area contributed by atoms with E-state index in [9.17, 15) is 9.50 Å². The van der Waals surface area contributed by atoms with Crippen LogP contribution in [0.25, 0.3) is 28.0 Å². The van der Waals surface area contributed by atoms with Crippen molar-refractivity contribution < 1.29 is 9.50 Å². The van der Waals surface area contributed by atoms with E-state index in [1.165, 1.54) is 6.07 Å². The Morgan fingerprint density at radius 1 is 1.07 bits per heavy atom. The molecule has 0 bridgehead atoms. The first kappa shape index (κ1) is 18.4. The van der Waals surface area contributed by atoms with E-state index in [2.05, 4.69) is 23.9 Å². The quantitative estimate of drug-likeness (QED) is 0.536. The fourth-order valence-corrected chi connectivity index (χ4v) is 3.29. The molecule has 0 aliphatic carbocycles. The number of aliphatic hydroxyl groups is 1. The third kappa shape index (κ3) is 3.55. The lowest BCUT2D eigenvalue weighted by molar-refractivity contribution is 0.276. The van der Waals surface area contributed by atoms with Gasteiger partial charge in [-0.05, 0) is 41.7 Å². The largest absolute Gasteiger partial charge is 0.392 e. The lowest BCUT2D eigenvalue weighted by Gasteiger charge is -2.09. The van der Waals surface area contributed by atoms with Gasteiger partial charge in [0.25, 0.3) is 0 Å². The first-order chi connectivity index (χ1) is 13.5. The Hall–Kier alpha value is -2.99. The minimum absolute atomic E-state index is 0.300. The number of hydrogen-bond donors (Lipinski definition) is 1. The van der Waals surface area contributed by atoms with Gasteiger partial charge >= 0.3 is 0 Å². The van der Waals surface area contributed by atoms with Gasteiger partial charge in [0.2, 0.25) is 0 Å². The zero-order valence-corrected chi connectivity index (χ0v) is 16.0. The standard InChI is InChI=1S/C22H23FN4O/c1-15(2)8-9-27-12-17(10-24-27)21-13-26-11-16(6-7-22(26)25-21)18-4-3-5-20(23)19(18)14-28/h3-7,10-13,15,28H,8-9,14H2,1-2H3. The second-order valence-corrected chi connectivity index (χ2v) is 7.41. The number of benzene rings is 1. The number of imidazole rings is 1. The minimum Gasteiger partial charge on any atom is -0.392 e. The molecule has 0 unspecified atom stereocenters. The highest BCUT2D eigenvalue weighted by Crippen LogP contribution is 2.27. The van der Waals surface area contributed by atoms with Gasteiger partial charge in [-0.25, -0.2) is 9.37 Å². The Bertz CT molecular complexity index is 1110. The van der Waals surface area contributed by atoms with Crippen molar-refractivity contribution in [1.29, 1.82) is 0 Å². The normalized spacial score (nSPS) is 11.6. The van der Waals surface area contributed by atoms with Crippen molar-refractivity contribution in [2.75, 3.05) is 0 Å².